The van der Waals surface area contributed by atoms with E-state index in [1.807, 2.05) is 30.3 Å². The van der Waals surface area contributed by atoms with Crippen molar-refractivity contribution >= 4 is 27.5 Å². The van der Waals surface area contributed by atoms with Crippen LogP contribution in [0.3, 0.4) is 0 Å². The molecule has 2 aromatic rings. The van der Waals surface area contributed by atoms with Crippen LogP contribution >= 0.6 is 15.9 Å². The molecule has 0 aliphatic rings. The Morgan fingerprint density at radius 3 is 2.55 bits per heavy atom. The number of rotatable bonds is 5. The zero-order chi connectivity index (χ0) is 14.5. The number of nitrogens with zero attached hydrogens (tertiary/aromatic N) is 2. The first-order chi connectivity index (χ1) is 9.61. The van der Waals surface area contributed by atoms with Gasteiger partial charge in [0.25, 0.3) is 0 Å². The molecule has 104 valence electrons. The van der Waals surface area contributed by atoms with Crippen molar-refractivity contribution in [2.75, 3.05) is 11.4 Å². The molecule has 0 saturated heterocycles. The van der Waals surface area contributed by atoms with Crippen molar-refractivity contribution in [3.05, 3.63) is 58.3 Å². The van der Waals surface area contributed by atoms with Crippen LogP contribution in [0.5, 0.6) is 0 Å². The van der Waals surface area contributed by atoms with Crippen LogP contribution < -0.4 is 10.6 Å². The summed E-state index contributed by atoms with van der Waals surface area (Å²) >= 11 is 3.47. The highest BCUT2D eigenvalue weighted by Gasteiger charge is 2.09. The Balaban J connectivity index is 2.24. The minimum Gasteiger partial charge on any atom is -0.384 e. The molecule has 0 aliphatic heterocycles. The van der Waals surface area contributed by atoms with Crippen LogP contribution in [-0.4, -0.2) is 17.4 Å². The molecule has 3 N–H and O–H groups in total. The van der Waals surface area contributed by atoms with Gasteiger partial charge in [-0.3, -0.25) is 10.4 Å². The number of hydrogen-bond donors (Lipinski definition) is 2. The van der Waals surface area contributed by atoms with Gasteiger partial charge in [-0.2, -0.15) is 0 Å². The second-order valence-corrected chi connectivity index (χ2v) is 5.30. The predicted molar refractivity (Wildman–Crippen MR) is 86.1 cm³/mol. The van der Waals surface area contributed by atoms with Gasteiger partial charge in [0.05, 0.1) is 0 Å². The molecule has 1 aromatic carbocycles. The van der Waals surface area contributed by atoms with Gasteiger partial charge in [-0.15, -0.1) is 0 Å². The van der Waals surface area contributed by atoms with Crippen molar-refractivity contribution in [2.45, 2.75) is 13.5 Å². The van der Waals surface area contributed by atoms with Gasteiger partial charge in [-0.1, -0.05) is 0 Å². The molecule has 1 heterocycles. The van der Waals surface area contributed by atoms with E-state index in [-0.39, 0.29) is 5.84 Å². The van der Waals surface area contributed by atoms with Gasteiger partial charge in [0.15, 0.2) is 0 Å². The summed E-state index contributed by atoms with van der Waals surface area (Å²) in [5.74, 6) is 0.0700. The summed E-state index contributed by atoms with van der Waals surface area (Å²) in [6.07, 6.45) is 3.61. The summed E-state index contributed by atoms with van der Waals surface area (Å²) in [6.45, 7) is 3.84. The van der Waals surface area contributed by atoms with Crippen molar-refractivity contribution in [3.8, 4) is 0 Å². The number of aromatic nitrogens is 1. The van der Waals surface area contributed by atoms with Gasteiger partial charge in [0.2, 0.25) is 0 Å². The van der Waals surface area contributed by atoms with E-state index < -0.39 is 0 Å². The maximum atomic E-state index is 7.51. The molecule has 2 rings (SSSR count). The number of nitrogen functional groups attached to an aromatic ring is 1. The number of hydrogen-bond acceptors (Lipinski definition) is 3. The normalized spacial score (nSPS) is 10.3. The van der Waals surface area contributed by atoms with E-state index in [0.29, 0.717) is 5.56 Å². The fourth-order valence-corrected chi connectivity index (χ4v) is 2.59. The maximum absolute atomic E-state index is 7.51. The standard InChI is InChI=1S/C15H17BrN4/c1-2-20(10-11-5-7-19-8-6-11)12-3-4-13(15(17)18)14(16)9-12/h3-9H,2,10H2,1H3,(H3,17,18). The van der Waals surface area contributed by atoms with Crippen molar-refractivity contribution < 1.29 is 0 Å². The second kappa shape index (κ2) is 6.52. The Morgan fingerprint density at radius 2 is 2.00 bits per heavy atom. The Hall–Kier alpha value is -1.88. The molecule has 0 saturated carbocycles. The third-order valence-electron chi connectivity index (χ3n) is 3.11. The SMILES string of the molecule is CCN(Cc1ccncc1)c1ccc(C(=N)N)c(Br)c1. The number of nitrogens with one attached hydrogen (secondary N) is 1. The second-order valence-electron chi connectivity index (χ2n) is 4.45. The molecule has 5 heteroatoms. The molecule has 0 bridgehead atoms. The van der Waals surface area contributed by atoms with E-state index in [0.717, 1.165) is 23.2 Å². The van der Waals surface area contributed by atoms with Gasteiger partial charge in [-0.05, 0) is 58.7 Å². The highest BCUT2D eigenvalue weighted by molar-refractivity contribution is 9.10. The molecule has 0 radical (unpaired) electrons. The third kappa shape index (κ3) is 3.36. The van der Waals surface area contributed by atoms with Gasteiger partial charge in [0, 0.05) is 41.2 Å². The summed E-state index contributed by atoms with van der Waals surface area (Å²) in [4.78, 5) is 6.29. The van der Waals surface area contributed by atoms with Gasteiger partial charge >= 0.3 is 0 Å². The number of halogens is 1. The quantitative estimate of drug-likeness (QED) is 0.652. The van der Waals surface area contributed by atoms with Crippen LogP contribution in [-0.2, 0) is 6.54 Å². The number of nitrogens with two attached hydrogens (primary N) is 1. The fraction of sp³-hybridized carbons (Fsp3) is 0.200. The molecule has 0 spiro atoms. The summed E-state index contributed by atoms with van der Waals surface area (Å²) < 4.78 is 0.843. The molecule has 0 amide bonds. The highest BCUT2D eigenvalue weighted by Crippen LogP contribution is 2.25. The monoisotopic (exact) mass is 332 g/mol. The summed E-state index contributed by atoms with van der Waals surface area (Å²) in [5, 5.41) is 7.51. The average molecular weight is 333 g/mol. The van der Waals surface area contributed by atoms with Crippen LogP contribution in [0.4, 0.5) is 5.69 Å². The maximum Gasteiger partial charge on any atom is 0.123 e. The van der Waals surface area contributed by atoms with Gasteiger partial charge in [0.1, 0.15) is 5.84 Å². The zero-order valence-electron chi connectivity index (χ0n) is 11.3. The van der Waals surface area contributed by atoms with Gasteiger partial charge in [-0.25, -0.2) is 0 Å². The van der Waals surface area contributed by atoms with E-state index in [4.69, 9.17) is 11.1 Å². The smallest absolute Gasteiger partial charge is 0.123 e. The molecule has 4 nitrogen and oxygen atoms in total. The van der Waals surface area contributed by atoms with Crippen LogP contribution in [0.1, 0.15) is 18.1 Å². The highest BCUT2D eigenvalue weighted by atomic mass is 79.9. The molecule has 20 heavy (non-hydrogen) atoms. The summed E-state index contributed by atoms with van der Waals surface area (Å²) in [5.41, 5.74) is 8.56. The largest absolute Gasteiger partial charge is 0.384 e. The van der Waals surface area contributed by atoms with Crippen LogP contribution in [0.25, 0.3) is 0 Å². The van der Waals surface area contributed by atoms with E-state index in [1.165, 1.54) is 5.56 Å². The van der Waals surface area contributed by atoms with Crippen LogP contribution in [0.2, 0.25) is 0 Å². The lowest BCUT2D eigenvalue weighted by Crippen LogP contribution is -2.22. The first-order valence-corrected chi connectivity index (χ1v) is 7.19. The first-order valence-electron chi connectivity index (χ1n) is 6.39. The topological polar surface area (TPSA) is 66.0 Å². The molecule has 0 unspecified atom stereocenters. The summed E-state index contributed by atoms with van der Waals surface area (Å²) in [6, 6.07) is 9.90. The van der Waals surface area contributed by atoms with E-state index in [1.54, 1.807) is 12.4 Å². The van der Waals surface area contributed by atoms with Crippen molar-refractivity contribution in [1.29, 1.82) is 5.41 Å². The van der Waals surface area contributed by atoms with Crippen molar-refractivity contribution in [3.63, 3.8) is 0 Å². The Kier molecular flexibility index (Phi) is 4.74. The van der Waals surface area contributed by atoms with Gasteiger partial charge < -0.3 is 10.6 Å². The lowest BCUT2D eigenvalue weighted by Gasteiger charge is -2.24. The molecule has 1 aromatic heterocycles. The Bertz CT molecular complexity index is 598. The van der Waals surface area contributed by atoms with E-state index in [9.17, 15) is 0 Å². The minimum atomic E-state index is 0.0700. The summed E-state index contributed by atoms with van der Waals surface area (Å²) in [7, 11) is 0. The average Bonchev–Trinajstić information content (AvgIpc) is 2.45. The molecular formula is C15H17BrN4. The predicted octanol–water partition coefficient (Wildman–Crippen LogP) is 3.15. The third-order valence-corrected chi connectivity index (χ3v) is 3.77. The number of benzene rings is 1. The molecular weight excluding hydrogens is 316 g/mol. The number of anilines is 1. The van der Waals surface area contributed by atoms with Crippen molar-refractivity contribution in [1.82, 2.24) is 4.98 Å². The fourth-order valence-electron chi connectivity index (χ4n) is 2.01. The van der Waals surface area contributed by atoms with E-state index >= 15 is 0 Å². The number of amidine groups is 1. The van der Waals surface area contributed by atoms with E-state index in [2.05, 4.69) is 32.7 Å². The van der Waals surface area contributed by atoms with Crippen LogP contribution in [0.15, 0.2) is 47.2 Å². The Morgan fingerprint density at radius 1 is 1.30 bits per heavy atom. The lowest BCUT2D eigenvalue weighted by atomic mass is 10.1. The lowest BCUT2D eigenvalue weighted by molar-refractivity contribution is 0.830. The molecule has 0 fully saturated rings. The first kappa shape index (κ1) is 14.5. The minimum absolute atomic E-state index is 0.0700. The Labute approximate surface area is 127 Å². The molecule has 0 atom stereocenters. The zero-order valence-corrected chi connectivity index (χ0v) is 12.9. The number of pyridine rings is 1. The van der Waals surface area contributed by atoms with Crippen LogP contribution in [0, 0.1) is 5.41 Å². The molecule has 0 aliphatic carbocycles. The van der Waals surface area contributed by atoms with Crippen molar-refractivity contribution in [2.24, 2.45) is 5.73 Å².